The number of rotatable bonds is 10. The number of nitrogens with one attached hydrogen (secondary N) is 2. The molecule has 3 rings (SSSR count). The quantitative estimate of drug-likeness (QED) is 0.569. The Kier molecular flexibility index (Phi) is 8.17. The standard InChI is InChI=1S/C20H31N5O3S/c1-14(2)28-10-4-5-22-19(26)17-15(3)16-18(23-13-24-20(16)29-17)21-6-7-25-8-11-27-12-9-25/h13-14H,4-12H2,1-3H3,(H,22,26)(H,21,23,24). The Morgan fingerprint density at radius 3 is 2.86 bits per heavy atom. The van der Waals surface area contributed by atoms with Crippen LogP contribution in [0, 0.1) is 6.92 Å². The van der Waals surface area contributed by atoms with Crippen molar-refractivity contribution in [3.8, 4) is 0 Å². The molecular formula is C20H31N5O3S. The SMILES string of the molecule is Cc1c(C(=O)NCCCOC(C)C)sc2ncnc(NCCN3CCOCC3)c12. The summed E-state index contributed by atoms with van der Waals surface area (Å²) in [5.41, 5.74) is 0.926. The van der Waals surface area contributed by atoms with E-state index in [2.05, 4.69) is 25.5 Å². The van der Waals surface area contributed by atoms with E-state index in [1.165, 1.54) is 11.3 Å². The first-order valence-corrected chi connectivity index (χ1v) is 11.1. The Morgan fingerprint density at radius 2 is 2.10 bits per heavy atom. The van der Waals surface area contributed by atoms with Crippen molar-refractivity contribution in [1.82, 2.24) is 20.2 Å². The second-order valence-electron chi connectivity index (χ2n) is 7.37. The fraction of sp³-hybridized carbons (Fsp3) is 0.650. The average Bonchev–Trinajstić information content (AvgIpc) is 3.06. The fourth-order valence-corrected chi connectivity index (χ4v) is 4.32. The van der Waals surface area contributed by atoms with Gasteiger partial charge >= 0.3 is 0 Å². The Hall–Kier alpha value is -1.81. The van der Waals surface area contributed by atoms with Crippen LogP contribution in [0.5, 0.6) is 0 Å². The zero-order valence-corrected chi connectivity index (χ0v) is 18.3. The van der Waals surface area contributed by atoms with Crippen LogP contribution in [0.4, 0.5) is 5.82 Å². The van der Waals surface area contributed by atoms with Gasteiger partial charge in [-0.05, 0) is 32.8 Å². The molecule has 160 valence electrons. The van der Waals surface area contributed by atoms with Gasteiger partial charge < -0.3 is 20.1 Å². The van der Waals surface area contributed by atoms with Gasteiger partial charge in [0.1, 0.15) is 17.0 Å². The van der Waals surface area contributed by atoms with E-state index in [1.54, 1.807) is 6.33 Å². The van der Waals surface area contributed by atoms with Gasteiger partial charge in [0.25, 0.3) is 5.91 Å². The second kappa shape index (κ2) is 10.8. The van der Waals surface area contributed by atoms with E-state index in [1.807, 2.05) is 20.8 Å². The van der Waals surface area contributed by atoms with Crippen molar-refractivity contribution in [2.75, 3.05) is 57.9 Å². The molecule has 3 heterocycles. The van der Waals surface area contributed by atoms with Crippen LogP contribution < -0.4 is 10.6 Å². The highest BCUT2D eigenvalue weighted by atomic mass is 32.1. The number of thiophene rings is 1. The molecule has 1 aliphatic heterocycles. The van der Waals surface area contributed by atoms with Crippen LogP contribution in [-0.4, -0.2) is 79.4 Å². The molecule has 0 spiro atoms. The first-order chi connectivity index (χ1) is 14.1. The molecule has 29 heavy (non-hydrogen) atoms. The third kappa shape index (κ3) is 6.08. The van der Waals surface area contributed by atoms with E-state index >= 15 is 0 Å². The van der Waals surface area contributed by atoms with Gasteiger partial charge in [-0.2, -0.15) is 0 Å². The van der Waals surface area contributed by atoms with Crippen LogP contribution in [-0.2, 0) is 9.47 Å². The Balaban J connectivity index is 1.59. The number of hydrogen-bond acceptors (Lipinski definition) is 8. The van der Waals surface area contributed by atoms with E-state index in [-0.39, 0.29) is 12.0 Å². The molecule has 0 bridgehead atoms. The van der Waals surface area contributed by atoms with Gasteiger partial charge in [0.2, 0.25) is 0 Å². The lowest BCUT2D eigenvalue weighted by Crippen LogP contribution is -2.39. The topological polar surface area (TPSA) is 88.6 Å². The van der Waals surface area contributed by atoms with E-state index in [9.17, 15) is 4.79 Å². The highest BCUT2D eigenvalue weighted by Gasteiger charge is 2.19. The highest BCUT2D eigenvalue weighted by Crippen LogP contribution is 2.33. The summed E-state index contributed by atoms with van der Waals surface area (Å²) in [6.07, 6.45) is 2.56. The molecule has 1 aliphatic rings. The first-order valence-electron chi connectivity index (χ1n) is 10.2. The number of carbonyl (C=O) groups is 1. The zero-order chi connectivity index (χ0) is 20.6. The van der Waals surface area contributed by atoms with Gasteiger partial charge in [-0.25, -0.2) is 9.97 Å². The molecule has 2 aromatic heterocycles. The molecule has 0 saturated carbocycles. The molecular weight excluding hydrogens is 390 g/mol. The minimum Gasteiger partial charge on any atom is -0.379 e. The number of carbonyl (C=O) groups excluding carboxylic acids is 1. The van der Waals surface area contributed by atoms with E-state index in [0.29, 0.717) is 18.0 Å². The van der Waals surface area contributed by atoms with Crippen molar-refractivity contribution in [3.05, 3.63) is 16.8 Å². The summed E-state index contributed by atoms with van der Waals surface area (Å²) in [4.78, 5) is 25.3. The number of amides is 1. The molecule has 1 saturated heterocycles. The lowest BCUT2D eigenvalue weighted by molar-refractivity contribution is 0.0398. The maximum Gasteiger partial charge on any atom is 0.261 e. The van der Waals surface area contributed by atoms with E-state index < -0.39 is 0 Å². The summed E-state index contributed by atoms with van der Waals surface area (Å²) in [5, 5.41) is 7.35. The highest BCUT2D eigenvalue weighted by molar-refractivity contribution is 7.20. The van der Waals surface area contributed by atoms with Crippen molar-refractivity contribution >= 4 is 33.3 Å². The van der Waals surface area contributed by atoms with Gasteiger partial charge in [0.15, 0.2) is 0 Å². The van der Waals surface area contributed by atoms with Crippen LogP contribution in [0.15, 0.2) is 6.33 Å². The number of fused-ring (bicyclic) bond motifs is 1. The van der Waals surface area contributed by atoms with Crippen LogP contribution in [0.2, 0.25) is 0 Å². The lowest BCUT2D eigenvalue weighted by Gasteiger charge is -2.26. The normalized spacial score (nSPS) is 15.2. The van der Waals surface area contributed by atoms with Crippen molar-refractivity contribution in [1.29, 1.82) is 0 Å². The molecule has 1 amide bonds. The summed E-state index contributed by atoms with van der Waals surface area (Å²) in [5.74, 6) is 0.732. The molecule has 2 aromatic rings. The number of aromatic nitrogens is 2. The van der Waals surface area contributed by atoms with Gasteiger partial charge in [0, 0.05) is 39.3 Å². The minimum absolute atomic E-state index is 0.0608. The molecule has 0 radical (unpaired) electrons. The van der Waals surface area contributed by atoms with Crippen LogP contribution in [0.1, 0.15) is 35.5 Å². The number of aryl methyl sites for hydroxylation is 1. The largest absolute Gasteiger partial charge is 0.379 e. The predicted molar refractivity (Wildman–Crippen MR) is 116 cm³/mol. The maximum absolute atomic E-state index is 12.6. The van der Waals surface area contributed by atoms with E-state index in [0.717, 1.165) is 67.4 Å². The molecule has 0 atom stereocenters. The number of nitrogens with zero attached hydrogens (tertiary/aromatic N) is 3. The minimum atomic E-state index is -0.0608. The maximum atomic E-state index is 12.6. The van der Waals surface area contributed by atoms with Crippen molar-refractivity contribution in [2.24, 2.45) is 0 Å². The van der Waals surface area contributed by atoms with Gasteiger partial charge in [-0.3, -0.25) is 9.69 Å². The summed E-state index contributed by atoms with van der Waals surface area (Å²) < 4.78 is 10.9. The van der Waals surface area contributed by atoms with Crippen LogP contribution >= 0.6 is 11.3 Å². The molecule has 9 heteroatoms. The fourth-order valence-electron chi connectivity index (χ4n) is 3.25. The van der Waals surface area contributed by atoms with Crippen LogP contribution in [0.3, 0.4) is 0 Å². The van der Waals surface area contributed by atoms with Crippen LogP contribution in [0.25, 0.3) is 10.2 Å². The monoisotopic (exact) mass is 421 g/mol. The summed E-state index contributed by atoms with van der Waals surface area (Å²) in [7, 11) is 0. The first kappa shape index (κ1) is 21.9. The molecule has 0 unspecified atom stereocenters. The van der Waals surface area contributed by atoms with Crippen molar-refractivity contribution in [2.45, 2.75) is 33.3 Å². The molecule has 8 nitrogen and oxygen atoms in total. The van der Waals surface area contributed by atoms with Gasteiger partial charge in [0.05, 0.1) is 29.6 Å². The van der Waals surface area contributed by atoms with Gasteiger partial charge in [-0.15, -0.1) is 11.3 Å². The summed E-state index contributed by atoms with van der Waals surface area (Å²) in [6.45, 7) is 12.5. The van der Waals surface area contributed by atoms with Crippen molar-refractivity contribution in [3.63, 3.8) is 0 Å². The number of ether oxygens (including phenoxy) is 2. The number of morpholine rings is 1. The third-order valence-electron chi connectivity index (χ3n) is 4.82. The molecule has 0 aliphatic carbocycles. The van der Waals surface area contributed by atoms with Gasteiger partial charge in [-0.1, -0.05) is 0 Å². The van der Waals surface area contributed by atoms with Crippen molar-refractivity contribution < 1.29 is 14.3 Å². The Labute approximate surface area is 176 Å². The Bertz CT molecular complexity index is 805. The average molecular weight is 422 g/mol. The molecule has 0 aromatic carbocycles. The molecule has 2 N–H and O–H groups in total. The third-order valence-corrected chi connectivity index (χ3v) is 6.01. The van der Waals surface area contributed by atoms with E-state index in [4.69, 9.17) is 9.47 Å². The summed E-state index contributed by atoms with van der Waals surface area (Å²) >= 11 is 1.42. The predicted octanol–water partition coefficient (Wildman–Crippen LogP) is 2.29. The smallest absolute Gasteiger partial charge is 0.261 e. The Morgan fingerprint density at radius 1 is 1.31 bits per heavy atom. The summed E-state index contributed by atoms with van der Waals surface area (Å²) in [6, 6.07) is 0. The lowest BCUT2D eigenvalue weighted by atomic mass is 10.2. The zero-order valence-electron chi connectivity index (χ0n) is 17.5. The molecule has 1 fully saturated rings. The number of anilines is 1. The number of hydrogen-bond donors (Lipinski definition) is 2. The second-order valence-corrected chi connectivity index (χ2v) is 8.37.